The number of rotatable bonds is 7. The summed E-state index contributed by atoms with van der Waals surface area (Å²) in [7, 11) is 0. The van der Waals surface area contributed by atoms with Gasteiger partial charge in [-0.2, -0.15) is 0 Å². The third-order valence-electron chi connectivity index (χ3n) is 3.97. The Morgan fingerprint density at radius 1 is 0.897 bits per heavy atom. The molecular weight excluding hydrogens is 368 g/mol. The Bertz CT molecular complexity index is 942. The van der Waals surface area contributed by atoms with Crippen molar-refractivity contribution in [3.05, 3.63) is 84.2 Å². The van der Waals surface area contributed by atoms with Crippen molar-refractivity contribution in [2.24, 2.45) is 0 Å². The van der Waals surface area contributed by atoms with Gasteiger partial charge in [-0.05, 0) is 48.0 Å². The number of nitrogens with zero attached hydrogens (tertiary/aromatic N) is 1. The maximum Gasteiger partial charge on any atom is 0.319 e. The van der Waals surface area contributed by atoms with E-state index < -0.39 is 0 Å². The number of hydrogen-bond acceptors (Lipinski definition) is 4. The van der Waals surface area contributed by atoms with Crippen molar-refractivity contribution in [3.8, 4) is 5.75 Å². The van der Waals surface area contributed by atoms with Crippen LogP contribution < -0.4 is 20.7 Å². The smallest absolute Gasteiger partial charge is 0.319 e. The Kier molecular flexibility index (Phi) is 6.78. The fourth-order valence-electron chi connectivity index (χ4n) is 2.55. The highest BCUT2D eigenvalue weighted by Gasteiger charge is 2.03. The number of benzene rings is 2. The molecule has 3 N–H and O–H groups in total. The molecule has 0 atom stereocenters. The van der Waals surface area contributed by atoms with E-state index in [0.29, 0.717) is 24.5 Å². The van der Waals surface area contributed by atoms with Gasteiger partial charge in [0.25, 0.3) is 0 Å². The zero-order valence-corrected chi connectivity index (χ0v) is 16.0. The van der Waals surface area contributed by atoms with Gasteiger partial charge < -0.3 is 20.7 Å². The number of urea groups is 1. The number of carbonyl (C=O) groups is 2. The Morgan fingerprint density at radius 3 is 2.21 bits per heavy atom. The number of carbonyl (C=O) groups excluding carboxylic acids is 2. The third-order valence-corrected chi connectivity index (χ3v) is 3.97. The van der Waals surface area contributed by atoms with E-state index in [4.69, 9.17) is 4.74 Å². The number of nitrogens with one attached hydrogen (secondary N) is 3. The van der Waals surface area contributed by atoms with Crippen molar-refractivity contribution in [1.82, 2.24) is 10.3 Å². The molecular formula is C22H22N4O3. The summed E-state index contributed by atoms with van der Waals surface area (Å²) in [5.74, 6) is 0.609. The van der Waals surface area contributed by atoms with E-state index in [1.807, 2.05) is 36.4 Å². The quantitative estimate of drug-likeness (QED) is 0.570. The number of hydrogen-bond donors (Lipinski definition) is 3. The first-order valence-corrected chi connectivity index (χ1v) is 9.11. The summed E-state index contributed by atoms with van der Waals surface area (Å²) in [6, 6.07) is 17.9. The first kappa shape index (κ1) is 19.9. The topological polar surface area (TPSA) is 92.4 Å². The van der Waals surface area contributed by atoms with Gasteiger partial charge in [-0.25, -0.2) is 4.79 Å². The molecule has 3 aromatic rings. The van der Waals surface area contributed by atoms with Crippen molar-refractivity contribution in [3.63, 3.8) is 0 Å². The van der Waals surface area contributed by atoms with E-state index in [-0.39, 0.29) is 11.9 Å². The molecule has 0 aliphatic rings. The fraction of sp³-hybridized carbons (Fsp3) is 0.136. The summed E-state index contributed by atoms with van der Waals surface area (Å²) in [5, 5.41) is 8.23. The van der Waals surface area contributed by atoms with E-state index in [0.717, 1.165) is 16.9 Å². The standard InChI is InChI=1S/C22H22N4O3/c1-16(27)25-19-6-8-20(9-7-19)26-22(28)24-14-17-4-10-21(11-5-17)29-15-18-3-2-12-23-13-18/h2-13H,14-15H2,1H3,(H,25,27)(H2,24,26,28). The lowest BCUT2D eigenvalue weighted by Gasteiger charge is -2.10. The SMILES string of the molecule is CC(=O)Nc1ccc(NC(=O)NCc2ccc(OCc3cccnc3)cc2)cc1. The van der Waals surface area contributed by atoms with E-state index in [9.17, 15) is 9.59 Å². The molecule has 2 aromatic carbocycles. The van der Waals surface area contributed by atoms with Crippen LogP contribution in [0.15, 0.2) is 73.1 Å². The lowest BCUT2D eigenvalue weighted by Crippen LogP contribution is -2.28. The van der Waals surface area contributed by atoms with Crippen molar-refractivity contribution in [2.45, 2.75) is 20.1 Å². The van der Waals surface area contributed by atoms with Crippen LogP contribution in [0.3, 0.4) is 0 Å². The van der Waals surface area contributed by atoms with Crippen LogP contribution in [0.4, 0.5) is 16.2 Å². The van der Waals surface area contributed by atoms with Crippen molar-refractivity contribution in [2.75, 3.05) is 10.6 Å². The molecule has 3 amide bonds. The molecule has 0 aliphatic carbocycles. The van der Waals surface area contributed by atoms with Gasteiger partial charge in [0.1, 0.15) is 12.4 Å². The molecule has 1 aromatic heterocycles. The molecule has 7 nitrogen and oxygen atoms in total. The Labute approximate surface area is 169 Å². The first-order valence-electron chi connectivity index (χ1n) is 9.11. The van der Waals surface area contributed by atoms with Gasteiger partial charge in [-0.3, -0.25) is 9.78 Å². The van der Waals surface area contributed by atoms with Crippen LogP contribution in [0.1, 0.15) is 18.1 Å². The maximum absolute atomic E-state index is 12.1. The second-order valence-electron chi connectivity index (χ2n) is 6.36. The third kappa shape index (κ3) is 6.66. The summed E-state index contributed by atoms with van der Waals surface area (Å²) >= 11 is 0. The molecule has 0 spiro atoms. The van der Waals surface area contributed by atoms with E-state index in [2.05, 4.69) is 20.9 Å². The molecule has 148 valence electrons. The van der Waals surface area contributed by atoms with Crippen LogP contribution in [0.2, 0.25) is 0 Å². The number of ether oxygens (including phenoxy) is 1. The van der Waals surface area contributed by atoms with Gasteiger partial charge in [0.15, 0.2) is 0 Å². The van der Waals surface area contributed by atoms with Gasteiger partial charge in [0.05, 0.1) is 0 Å². The predicted molar refractivity (Wildman–Crippen MR) is 112 cm³/mol. The fourth-order valence-corrected chi connectivity index (χ4v) is 2.55. The summed E-state index contributed by atoms with van der Waals surface area (Å²) in [5.41, 5.74) is 3.26. The highest BCUT2D eigenvalue weighted by atomic mass is 16.5. The van der Waals surface area contributed by atoms with Crippen molar-refractivity contribution < 1.29 is 14.3 Å². The molecule has 3 rings (SSSR count). The molecule has 0 bridgehead atoms. The summed E-state index contributed by atoms with van der Waals surface area (Å²) in [6.45, 7) is 2.28. The second-order valence-corrected chi connectivity index (χ2v) is 6.36. The van der Waals surface area contributed by atoms with Crippen LogP contribution >= 0.6 is 0 Å². The minimum atomic E-state index is -0.311. The zero-order valence-electron chi connectivity index (χ0n) is 16.0. The number of amides is 3. The lowest BCUT2D eigenvalue weighted by molar-refractivity contribution is -0.114. The second kappa shape index (κ2) is 9.89. The molecule has 0 aliphatic heterocycles. The van der Waals surface area contributed by atoms with E-state index in [1.165, 1.54) is 6.92 Å². The molecule has 0 fully saturated rings. The molecule has 7 heteroatoms. The average Bonchev–Trinajstić information content (AvgIpc) is 2.73. The zero-order chi connectivity index (χ0) is 20.5. The molecule has 29 heavy (non-hydrogen) atoms. The minimum absolute atomic E-state index is 0.142. The van der Waals surface area contributed by atoms with Crippen LogP contribution in [0, 0.1) is 0 Å². The van der Waals surface area contributed by atoms with Gasteiger partial charge in [-0.15, -0.1) is 0 Å². The Hall–Kier alpha value is -3.87. The predicted octanol–water partition coefficient (Wildman–Crippen LogP) is 3.94. The molecule has 0 radical (unpaired) electrons. The lowest BCUT2D eigenvalue weighted by atomic mass is 10.2. The van der Waals surface area contributed by atoms with Crippen LogP contribution in [0.25, 0.3) is 0 Å². The minimum Gasteiger partial charge on any atom is -0.489 e. The van der Waals surface area contributed by atoms with Gasteiger partial charge in [0, 0.05) is 42.8 Å². The summed E-state index contributed by atoms with van der Waals surface area (Å²) < 4.78 is 5.72. The van der Waals surface area contributed by atoms with Gasteiger partial charge >= 0.3 is 6.03 Å². The van der Waals surface area contributed by atoms with Crippen molar-refractivity contribution >= 4 is 23.3 Å². The highest BCUT2D eigenvalue weighted by molar-refractivity contribution is 5.91. The average molecular weight is 390 g/mol. The van der Waals surface area contributed by atoms with Gasteiger partial charge in [-0.1, -0.05) is 18.2 Å². The Morgan fingerprint density at radius 2 is 1.59 bits per heavy atom. The number of anilines is 2. The van der Waals surface area contributed by atoms with E-state index >= 15 is 0 Å². The molecule has 0 unspecified atom stereocenters. The maximum atomic E-state index is 12.1. The molecule has 1 heterocycles. The van der Waals surface area contributed by atoms with Crippen LogP contribution in [-0.2, 0) is 17.9 Å². The summed E-state index contributed by atoms with van der Waals surface area (Å²) in [6.07, 6.45) is 3.49. The van der Waals surface area contributed by atoms with Gasteiger partial charge in [0.2, 0.25) is 5.91 Å². The summed E-state index contributed by atoms with van der Waals surface area (Å²) in [4.78, 5) is 27.1. The largest absolute Gasteiger partial charge is 0.489 e. The molecule has 0 saturated heterocycles. The number of pyridine rings is 1. The Balaban J connectivity index is 1.43. The highest BCUT2D eigenvalue weighted by Crippen LogP contribution is 2.15. The normalized spacial score (nSPS) is 10.1. The van der Waals surface area contributed by atoms with Crippen LogP contribution in [0.5, 0.6) is 5.75 Å². The van der Waals surface area contributed by atoms with Crippen molar-refractivity contribution in [1.29, 1.82) is 0 Å². The number of aromatic nitrogens is 1. The molecule has 0 saturated carbocycles. The van der Waals surface area contributed by atoms with E-state index in [1.54, 1.807) is 36.7 Å². The monoisotopic (exact) mass is 390 g/mol. The van der Waals surface area contributed by atoms with Crippen LogP contribution in [-0.4, -0.2) is 16.9 Å². The first-order chi connectivity index (χ1) is 14.1.